The molecule has 2 amide bonds. The molecule has 0 aromatic rings. The van der Waals surface area contributed by atoms with Gasteiger partial charge in [0, 0.05) is 33.3 Å². The van der Waals surface area contributed by atoms with Crippen molar-refractivity contribution < 1.29 is 133 Å². The fourth-order valence-electron chi connectivity index (χ4n) is 8.77. The van der Waals surface area contributed by atoms with E-state index in [2.05, 4.69) is 10.6 Å². The van der Waals surface area contributed by atoms with Gasteiger partial charge in [0.2, 0.25) is 11.8 Å². The van der Waals surface area contributed by atoms with E-state index >= 15 is 0 Å². The minimum atomic E-state index is -3.17. The lowest BCUT2D eigenvalue weighted by molar-refractivity contribution is -0.395. The van der Waals surface area contributed by atoms with Crippen molar-refractivity contribution in [3.05, 3.63) is 0 Å². The van der Waals surface area contributed by atoms with Gasteiger partial charge in [-0.3, -0.25) is 9.59 Å². The molecule has 5 fully saturated rings. The standard InChI is InChI=1S/C39H66N2O27/c1-5-59-35-27(55)32(25(53)18(9-43)61-35)66-34-22(41-14(4)47)31(65-36-24(52)15(48)6-12(2)60-36)29(20(11-45)63-34)64-37-28(56)33(26(54)19(10-44)62-37)68-39(38(57)58)7-16(49)21(40-13(3)46)30(67-39)23(51)17(50)8-42/h12,15-37,42-45,48-56H,5-11H2,1-4H3,(H,40,46)(H,41,47)(H,57,58)/t12-,15+,16-,17+,18+,19+,20+,21+,22+,23-,24-,25-,26-,27+,28+,29+,30+,31+,32-,33-,34-,35+,36-,37-,39-/m0/s1. The highest BCUT2D eigenvalue weighted by atomic mass is 16.8. The van der Waals surface area contributed by atoms with Gasteiger partial charge in [0.25, 0.3) is 5.79 Å². The summed E-state index contributed by atoms with van der Waals surface area (Å²) in [6.07, 6.45) is -41.6. The monoisotopic (exact) mass is 994 g/mol. The number of carboxylic acids is 1. The van der Waals surface area contributed by atoms with E-state index in [0.717, 1.165) is 13.8 Å². The SMILES string of the molecule is CCO[C@@H]1O[C@H](CO)[C@H](O)[C@H](O[C@@H]2O[C@H](CO)[C@@H](O[C@@H]3O[C@H](CO)[C@H](O)[C@H](O[C@]4(C(=O)O)C[C@H](O)[C@@H](NC(C)=O)[C@H]([C@@H](O)[C@H](O)CO)O4)[C@H]3O)[C@H](O[C@@H]3O[C@@H](C)C[C@@H](O)[C@@H]3O)[C@H]2NC(C)=O)[C@H]1O. The molecule has 0 aromatic carbocycles. The summed E-state index contributed by atoms with van der Waals surface area (Å²) in [5.41, 5.74) is 0. The van der Waals surface area contributed by atoms with Gasteiger partial charge in [-0.05, 0) is 13.8 Å². The van der Waals surface area contributed by atoms with Gasteiger partial charge in [-0.15, -0.1) is 0 Å². The largest absolute Gasteiger partial charge is 0.477 e. The average Bonchev–Trinajstić information content (AvgIpc) is 3.28. The third-order valence-corrected chi connectivity index (χ3v) is 12.2. The van der Waals surface area contributed by atoms with Gasteiger partial charge >= 0.3 is 5.97 Å². The van der Waals surface area contributed by atoms with Crippen molar-refractivity contribution in [2.45, 2.75) is 193 Å². The Kier molecular flexibility index (Phi) is 20.1. The summed E-state index contributed by atoms with van der Waals surface area (Å²) in [6.45, 7) is 1.10. The van der Waals surface area contributed by atoms with E-state index in [0.29, 0.717) is 0 Å². The first-order valence-electron chi connectivity index (χ1n) is 22.0. The number of amides is 2. The highest BCUT2D eigenvalue weighted by Gasteiger charge is 2.61. The second kappa shape index (κ2) is 24.3. The quantitative estimate of drug-likeness (QED) is 0.0571. The number of aliphatic carboxylic acids is 1. The number of rotatable bonds is 19. The number of ether oxygens (including phenoxy) is 10. The molecule has 394 valence electrons. The van der Waals surface area contributed by atoms with Crippen LogP contribution in [0, 0.1) is 0 Å². The first-order valence-corrected chi connectivity index (χ1v) is 22.0. The van der Waals surface area contributed by atoms with E-state index in [4.69, 9.17) is 47.4 Å². The molecule has 68 heavy (non-hydrogen) atoms. The molecule has 0 aromatic heterocycles. The van der Waals surface area contributed by atoms with Crippen LogP contribution in [0.4, 0.5) is 0 Å². The van der Waals surface area contributed by atoms with Gasteiger partial charge in [-0.2, -0.15) is 0 Å². The zero-order chi connectivity index (χ0) is 50.5. The summed E-state index contributed by atoms with van der Waals surface area (Å²) < 4.78 is 58.5. The predicted molar refractivity (Wildman–Crippen MR) is 214 cm³/mol. The number of aliphatic hydroxyl groups excluding tert-OH is 13. The van der Waals surface area contributed by atoms with E-state index in [1.54, 1.807) is 6.92 Å². The fraction of sp³-hybridized carbons (Fsp3) is 0.923. The maximum absolute atomic E-state index is 13.1. The number of hydrogen-bond acceptors (Lipinski definition) is 26. The van der Waals surface area contributed by atoms with E-state index in [-0.39, 0.29) is 13.0 Å². The summed E-state index contributed by atoms with van der Waals surface area (Å²) in [5.74, 6) is -6.83. The van der Waals surface area contributed by atoms with Gasteiger partial charge in [0.15, 0.2) is 25.2 Å². The molecular weight excluding hydrogens is 928 g/mol. The first-order chi connectivity index (χ1) is 32.1. The van der Waals surface area contributed by atoms with Gasteiger partial charge in [0.1, 0.15) is 97.6 Å². The number of nitrogens with one attached hydrogen (secondary N) is 2. The fourth-order valence-corrected chi connectivity index (χ4v) is 8.77. The lowest BCUT2D eigenvalue weighted by Crippen LogP contribution is -2.72. The number of carbonyl (C=O) groups excluding carboxylic acids is 2. The molecule has 0 saturated carbocycles. The second-order valence-corrected chi connectivity index (χ2v) is 17.2. The third kappa shape index (κ3) is 12.4. The highest BCUT2D eigenvalue weighted by molar-refractivity contribution is 5.76. The maximum Gasteiger partial charge on any atom is 0.364 e. The Hall–Kier alpha value is -2.51. The molecule has 29 heteroatoms. The maximum atomic E-state index is 13.1. The Labute approximate surface area is 387 Å². The van der Waals surface area contributed by atoms with E-state index in [1.807, 2.05) is 0 Å². The molecular formula is C39H66N2O27. The van der Waals surface area contributed by atoms with Crippen molar-refractivity contribution in [2.75, 3.05) is 33.0 Å². The van der Waals surface area contributed by atoms with Crippen LogP contribution in [0.2, 0.25) is 0 Å². The topological polar surface area (TPSA) is 451 Å². The van der Waals surface area contributed by atoms with Crippen LogP contribution in [0.1, 0.15) is 40.5 Å². The minimum Gasteiger partial charge on any atom is -0.477 e. The van der Waals surface area contributed by atoms with Gasteiger partial charge < -0.3 is 129 Å². The van der Waals surface area contributed by atoms with Crippen molar-refractivity contribution in [3.8, 4) is 0 Å². The van der Waals surface area contributed by atoms with Crippen molar-refractivity contribution >= 4 is 17.8 Å². The van der Waals surface area contributed by atoms with E-state index in [9.17, 15) is 85.9 Å². The molecule has 0 bridgehead atoms. The van der Waals surface area contributed by atoms with Crippen LogP contribution in [0.15, 0.2) is 0 Å². The zero-order valence-electron chi connectivity index (χ0n) is 37.4. The lowest BCUT2D eigenvalue weighted by Gasteiger charge is -2.52. The minimum absolute atomic E-state index is 0.00839. The van der Waals surface area contributed by atoms with E-state index < -0.39 is 204 Å². The molecule has 5 heterocycles. The molecule has 29 nitrogen and oxygen atoms in total. The van der Waals surface area contributed by atoms with Crippen molar-refractivity contribution in [2.24, 2.45) is 0 Å². The molecule has 16 N–H and O–H groups in total. The van der Waals surface area contributed by atoms with Gasteiger partial charge in [-0.1, -0.05) is 0 Å². The summed E-state index contributed by atoms with van der Waals surface area (Å²) in [7, 11) is 0. The molecule has 5 rings (SSSR count). The molecule has 5 saturated heterocycles. The molecule has 25 atom stereocenters. The second-order valence-electron chi connectivity index (χ2n) is 17.2. The third-order valence-electron chi connectivity index (χ3n) is 12.2. The number of aliphatic hydroxyl groups is 13. The first kappa shape index (κ1) is 56.4. The number of carboxylic acid groups (broad SMARTS) is 1. The Morgan fingerprint density at radius 1 is 0.647 bits per heavy atom. The number of hydrogen-bond donors (Lipinski definition) is 16. The smallest absolute Gasteiger partial charge is 0.364 e. The number of carbonyl (C=O) groups is 3. The molecule has 0 radical (unpaired) electrons. The van der Waals surface area contributed by atoms with Crippen LogP contribution in [0.3, 0.4) is 0 Å². The summed E-state index contributed by atoms with van der Waals surface area (Å²) in [4.78, 5) is 38.1. The Bertz CT molecular complexity index is 1640. The van der Waals surface area contributed by atoms with Gasteiger partial charge in [-0.25, -0.2) is 4.79 Å². The lowest BCUT2D eigenvalue weighted by atomic mass is 9.88. The summed E-state index contributed by atoms with van der Waals surface area (Å²) in [6, 6.07) is -3.34. The molecule has 5 aliphatic rings. The van der Waals surface area contributed by atoms with Crippen LogP contribution < -0.4 is 10.6 Å². The molecule has 0 aliphatic carbocycles. The summed E-state index contributed by atoms with van der Waals surface area (Å²) >= 11 is 0. The van der Waals surface area contributed by atoms with Crippen molar-refractivity contribution in [1.82, 2.24) is 10.6 Å². The van der Waals surface area contributed by atoms with Crippen molar-refractivity contribution in [1.29, 1.82) is 0 Å². The average molecular weight is 995 g/mol. The highest BCUT2D eigenvalue weighted by Crippen LogP contribution is 2.40. The normalized spacial score (nSPS) is 45.5. The molecule has 0 unspecified atom stereocenters. The zero-order valence-corrected chi connectivity index (χ0v) is 37.4. The van der Waals surface area contributed by atoms with Crippen LogP contribution in [-0.2, 0) is 61.8 Å². The Balaban J connectivity index is 1.54. The Morgan fingerprint density at radius 2 is 1.16 bits per heavy atom. The van der Waals surface area contributed by atoms with Crippen LogP contribution in [0.5, 0.6) is 0 Å². The molecule has 0 spiro atoms. The van der Waals surface area contributed by atoms with Crippen LogP contribution >= 0.6 is 0 Å². The van der Waals surface area contributed by atoms with Crippen LogP contribution in [-0.4, -0.2) is 275 Å². The Morgan fingerprint density at radius 3 is 1.72 bits per heavy atom. The van der Waals surface area contributed by atoms with Crippen molar-refractivity contribution in [3.63, 3.8) is 0 Å². The van der Waals surface area contributed by atoms with Crippen LogP contribution in [0.25, 0.3) is 0 Å². The van der Waals surface area contributed by atoms with Gasteiger partial charge in [0.05, 0.1) is 50.8 Å². The molecule has 5 aliphatic heterocycles. The van der Waals surface area contributed by atoms with E-state index in [1.165, 1.54) is 6.92 Å². The summed E-state index contributed by atoms with van der Waals surface area (Å²) in [5, 5.41) is 156. The predicted octanol–water partition coefficient (Wildman–Crippen LogP) is -9.33.